The van der Waals surface area contributed by atoms with Gasteiger partial charge in [-0.2, -0.15) is 0 Å². The Labute approximate surface area is 79.6 Å². The van der Waals surface area contributed by atoms with Gasteiger partial charge in [0.1, 0.15) is 0 Å². The van der Waals surface area contributed by atoms with Crippen molar-refractivity contribution in [2.24, 2.45) is 4.99 Å². The van der Waals surface area contributed by atoms with Crippen LogP contribution in [0.3, 0.4) is 0 Å². The Morgan fingerprint density at radius 3 is 2.75 bits per heavy atom. The summed E-state index contributed by atoms with van der Waals surface area (Å²) in [6, 6.07) is 0. The van der Waals surface area contributed by atoms with E-state index in [2.05, 4.69) is 9.89 Å². The van der Waals surface area contributed by atoms with E-state index in [4.69, 9.17) is 11.6 Å². The molecule has 0 N–H and O–H groups in total. The van der Waals surface area contributed by atoms with Crippen LogP contribution in [0, 0.1) is 0 Å². The minimum absolute atomic E-state index is 0.811. The molecule has 0 amide bonds. The lowest BCUT2D eigenvalue weighted by molar-refractivity contribution is 0.443. The zero-order valence-corrected chi connectivity index (χ0v) is 8.26. The summed E-state index contributed by atoms with van der Waals surface area (Å²) < 4.78 is 0. The smallest absolute Gasteiger partial charge is 0.0851 e. The minimum atomic E-state index is 0.811. The fourth-order valence-corrected chi connectivity index (χ4v) is 1.54. The molecule has 1 aliphatic heterocycles. The number of unbranched alkanes of at least 4 members (excludes halogenated alkanes) is 3. The molecule has 0 unspecified atom stereocenters. The van der Waals surface area contributed by atoms with Gasteiger partial charge in [-0.3, -0.25) is 4.99 Å². The summed E-state index contributed by atoms with van der Waals surface area (Å²) in [5, 5.41) is 0. The summed E-state index contributed by atoms with van der Waals surface area (Å²) in [4.78, 5) is 6.45. The van der Waals surface area contributed by atoms with Gasteiger partial charge in [-0.25, -0.2) is 0 Å². The largest absolute Gasteiger partial charge is 0.361 e. The van der Waals surface area contributed by atoms with Crippen LogP contribution in [0.5, 0.6) is 0 Å². The van der Waals surface area contributed by atoms with Crippen LogP contribution in [-0.2, 0) is 0 Å². The number of nitrogens with zero attached hydrogens (tertiary/aromatic N) is 2. The normalized spacial score (nSPS) is 15.9. The van der Waals surface area contributed by atoms with Gasteiger partial charge in [0.2, 0.25) is 0 Å². The summed E-state index contributed by atoms with van der Waals surface area (Å²) in [5.41, 5.74) is 0. The molecule has 1 rings (SSSR count). The first-order chi connectivity index (χ1) is 5.93. The first-order valence-electron chi connectivity index (χ1n) is 4.73. The van der Waals surface area contributed by atoms with E-state index in [9.17, 15) is 0 Å². The van der Waals surface area contributed by atoms with Crippen LogP contribution in [0.1, 0.15) is 25.7 Å². The summed E-state index contributed by atoms with van der Waals surface area (Å²) in [6.45, 7) is 3.28. The fourth-order valence-electron chi connectivity index (χ4n) is 1.35. The van der Waals surface area contributed by atoms with E-state index >= 15 is 0 Å². The molecule has 0 radical (unpaired) electrons. The van der Waals surface area contributed by atoms with Gasteiger partial charge in [-0.15, -0.1) is 11.6 Å². The molecule has 0 spiro atoms. The van der Waals surface area contributed by atoms with Crippen molar-refractivity contribution in [2.75, 3.05) is 25.5 Å². The average molecular weight is 189 g/mol. The molecule has 0 aromatic rings. The first-order valence-corrected chi connectivity index (χ1v) is 5.27. The number of hydrogen-bond acceptors (Lipinski definition) is 2. The van der Waals surface area contributed by atoms with Gasteiger partial charge in [0.05, 0.1) is 12.9 Å². The van der Waals surface area contributed by atoms with E-state index in [1.165, 1.54) is 25.8 Å². The number of alkyl halides is 1. The number of rotatable bonds is 6. The molecule has 1 aliphatic rings. The molecule has 0 aliphatic carbocycles. The van der Waals surface area contributed by atoms with E-state index in [1.54, 1.807) is 0 Å². The minimum Gasteiger partial charge on any atom is -0.361 e. The van der Waals surface area contributed by atoms with Crippen LogP contribution in [0.4, 0.5) is 0 Å². The van der Waals surface area contributed by atoms with Gasteiger partial charge in [0, 0.05) is 19.0 Å². The maximum atomic E-state index is 5.58. The van der Waals surface area contributed by atoms with Crippen molar-refractivity contribution in [3.63, 3.8) is 0 Å². The standard InChI is InChI=1S/C9H17ClN2/c10-5-3-1-2-4-7-12-8-6-11-9-12/h9H,1-8H2. The molecular weight excluding hydrogens is 172 g/mol. The van der Waals surface area contributed by atoms with E-state index in [0.29, 0.717) is 0 Å². The highest BCUT2D eigenvalue weighted by Crippen LogP contribution is 2.03. The Kier molecular flexibility index (Phi) is 5.16. The second-order valence-electron chi connectivity index (χ2n) is 3.16. The van der Waals surface area contributed by atoms with Gasteiger partial charge in [0.25, 0.3) is 0 Å². The van der Waals surface area contributed by atoms with E-state index in [1.807, 2.05) is 6.34 Å². The van der Waals surface area contributed by atoms with Crippen molar-refractivity contribution in [1.82, 2.24) is 4.90 Å². The summed E-state index contributed by atoms with van der Waals surface area (Å²) in [7, 11) is 0. The van der Waals surface area contributed by atoms with E-state index < -0.39 is 0 Å². The predicted octanol–water partition coefficient (Wildman–Crippen LogP) is 2.13. The molecule has 2 nitrogen and oxygen atoms in total. The van der Waals surface area contributed by atoms with Crippen molar-refractivity contribution in [3.05, 3.63) is 0 Å². The molecular formula is C9H17ClN2. The van der Waals surface area contributed by atoms with Crippen LogP contribution in [0.2, 0.25) is 0 Å². The van der Waals surface area contributed by atoms with Crippen molar-refractivity contribution >= 4 is 17.9 Å². The van der Waals surface area contributed by atoms with Crippen molar-refractivity contribution in [1.29, 1.82) is 0 Å². The quantitative estimate of drug-likeness (QED) is 0.461. The second kappa shape index (κ2) is 6.30. The van der Waals surface area contributed by atoms with Gasteiger partial charge in [-0.1, -0.05) is 12.8 Å². The topological polar surface area (TPSA) is 15.6 Å². The van der Waals surface area contributed by atoms with Crippen LogP contribution in [-0.4, -0.2) is 36.8 Å². The molecule has 0 bridgehead atoms. The van der Waals surface area contributed by atoms with Crippen molar-refractivity contribution < 1.29 is 0 Å². The van der Waals surface area contributed by atoms with Crippen LogP contribution >= 0.6 is 11.6 Å². The van der Waals surface area contributed by atoms with E-state index in [0.717, 1.165) is 25.4 Å². The molecule has 0 saturated carbocycles. The second-order valence-corrected chi connectivity index (χ2v) is 3.54. The highest BCUT2D eigenvalue weighted by atomic mass is 35.5. The third kappa shape index (κ3) is 3.96. The van der Waals surface area contributed by atoms with Crippen molar-refractivity contribution in [2.45, 2.75) is 25.7 Å². The lowest BCUT2D eigenvalue weighted by atomic mass is 10.2. The Bertz CT molecular complexity index is 136. The average Bonchev–Trinajstić information content (AvgIpc) is 2.57. The zero-order chi connectivity index (χ0) is 8.65. The number of halogens is 1. The molecule has 70 valence electrons. The van der Waals surface area contributed by atoms with Gasteiger partial charge in [-0.05, 0) is 12.8 Å². The molecule has 0 aromatic heterocycles. The number of aliphatic imine (C=N–C) groups is 1. The Morgan fingerprint density at radius 1 is 1.25 bits per heavy atom. The summed E-state index contributed by atoms with van der Waals surface area (Å²) in [6.07, 6.45) is 6.99. The van der Waals surface area contributed by atoms with Crippen LogP contribution in [0.25, 0.3) is 0 Å². The van der Waals surface area contributed by atoms with Crippen molar-refractivity contribution in [3.8, 4) is 0 Å². The zero-order valence-electron chi connectivity index (χ0n) is 7.51. The molecule has 0 atom stereocenters. The molecule has 3 heteroatoms. The molecule has 0 saturated heterocycles. The number of hydrogen-bond donors (Lipinski definition) is 0. The molecule has 0 fully saturated rings. The third-order valence-electron chi connectivity index (χ3n) is 2.09. The summed E-state index contributed by atoms with van der Waals surface area (Å²) >= 11 is 5.58. The highest BCUT2D eigenvalue weighted by molar-refractivity contribution is 6.17. The SMILES string of the molecule is ClCCCCCCN1C=NCC1. The van der Waals surface area contributed by atoms with Crippen LogP contribution in [0.15, 0.2) is 4.99 Å². The van der Waals surface area contributed by atoms with Gasteiger partial charge >= 0.3 is 0 Å². The fraction of sp³-hybridized carbons (Fsp3) is 0.889. The van der Waals surface area contributed by atoms with Gasteiger partial charge < -0.3 is 4.90 Å². The maximum absolute atomic E-state index is 5.58. The molecule has 12 heavy (non-hydrogen) atoms. The first kappa shape index (κ1) is 9.85. The van der Waals surface area contributed by atoms with E-state index in [-0.39, 0.29) is 0 Å². The Morgan fingerprint density at radius 2 is 2.08 bits per heavy atom. The molecule has 1 heterocycles. The van der Waals surface area contributed by atoms with Gasteiger partial charge in [0.15, 0.2) is 0 Å². The Balaban J connectivity index is 1.85. The maximum Gasteiger partial charge on any atom is 0.0851 e. The highest BCUT2D eigenvalue weighted by Gasteiger charge is 2.03. The lowest BCUT2D eigenvalue weighted by Crippen LogP contribution is -2.20. The summed E-state index contributed by atoms with van der Waals surface area (Å²) in [5.74, 6) is 0.811. The predicted molar refractivity (Wildman–Crippen MR) is 54.1 cm³/mol. The third-order valence-corrected chi connectivity index (χ3v) is 2.36. The molecule has 0 aromatic carbocycles. The van der Waals surface area contributed by atoms with Crippen LogP contribution < -0.4 is 0 Å². The monoisotopic (exact) mass is 188 g/mol. The lowest BCUT2D eigenvalue weighted by Gasteiger charge is -2.12. The Hall–Kier alpha value is -0.240.